The van der Waals surface area contributed by atoms with Gasteiger partial charge in [-0.3, -0.25) is 9.69 Å². The van der Waals surface area contributed by atoms with Gasteiger partial charge in [-0.1, -0.05) is 36.0 Å². The molecule has 2 aromatic carbocycles. The third-order valence-corrected chi connectivity index (χ3v) is 6.16. The normalized spacial score (nSPS) is 12.7. The molecule has 0 fully saturated rings. The van der Waals surface area contributed by atoms with Crippen LogP contribution in [0.1, 0.15) is 9.67 Å². The summed E-state index contributed by atoms with van der Waals surface area (Å²) in [5.41, 5.74) is 1.89. The Morgan fingerprint density at radius 2 is 1.45 bits per heavy atom. The van der Waals surface area contributed by atoms with Crippen LogP contribution in [0.25, 0.3) is 0 Å². The highest BCUT2D eigenvalue weighted by atomic mass is 79.9. The molecule has 0 spiro atoms. The molecule has 1 amide bonds. The molecule has 0 bridgehead atoms. The molecule has 1 aliphatic rings. The highest BCUT2D eigenvalue weighted by Crippen LogP contribution is 2.48. The summed E-state index contributed by atoms with van der Waals surface area (Å²) in [7, 11) is 0. The van der Waals surface area contributed by atoms with Gasteiger partial charge in [0.05, 0.1) is 20.0 Å². The molecular formula is C17H10BrNOS2. The summed E-state index contributed by atoms with van der Waals surface area (Å²) in [5, 5.41) is 0. The maximum absolute atomic E-state index is 13.0. The van der Waals surface area contributed by atoms with Gasteiger partial charge in [-0.05, 0) is 52.3 Å². The summed E-state index contributed by atoms with van der Waals surface area (Å²) in [6.07, 6.45) is 0. The zero-order chi connectivity index (χ0) is 15.1. The molecule has 0 N–H and O–H groups in total. The third-order valence-electron chi connectivity index (χ3n) is 3.42. The monoisotopic (exact) mass is 387 g/mol. The maximum atomic E-state index is 13.0. The van der Waals surface area contributed by atoms with Gasteiger partial charge in [0.15, 0.2) is 0 Å². The number of carbonyl (C=O) groups excluding carboxylic acids is 1. The zero-order valence-corrected chi connectivity index (χ0v) is 14.5. The van der Waals surface area contributed by atoms with Gasteiger partial charge in [0, 0.05) is 9.79 Å². The zero-order valence-electron chi connectivity index (χ0n) is 11.3. The Morgan fingerprint density at radius 3 is 2.00 bits per heavy atom. The minimum absolute atomic E-state index is 0.0101. The minimum Gasteiger partial charge on any atom is -0.274 e. The van der Waals surface area contributed by atoms with Crippen LogP contribution < -0.4 is 4.90 Å². The van der Waals surface area contributed by atoms with Crippen LogP contribution >= 0.6 is 39.0 Å². The summed E-state index contributed by atoms with van der Waals surface area (Å²) in [5.74, 6) is 0.0101. The molecule has 0 saturated carbocycles. The molecule has 0 unspecified atom stereocenters. The van der Waals surface area contributed by atoms with Crippen LogP contribution in [0.5, 0.6) is 0 Å². The first-order valence-corrected chi connectivity index (χ1v) is 9.12. The number of fused-ring (bicyclic) bond motifs is 2. The minimum atomic E-state index is 0.0101. The number of rotatable bonds is 1. The molecule has 2 heterocycles. The maximum Gasteiger partial charge on any atom is 0.273 e. The highest BCUT2D eigenvalue weighted by Gasteiger charge is 2.29. The summed E-state index contributed by atoms with van der Waals surface area (Å²) in [6.45, 7) is 0. The van der Waals surface area contributed by atoms with Crippen molar-refractivity contribution in [2.45, 2.75) is 9.79 Å². The summed E-state index contributed by atoms with van der Waals surface area (Å²) in [6, 6.07) is 19.8. The van der Waals surface area contributed by atoms with E-state index in [1.54, 1.807) is 11.8 Å². The van der Waals surface area contributed by atoms with Crippen LogP contribution in [0.4, 0.5) is 11.4 Å². The Labute approximate surface area is 144 Å². The number of thiophene rings is 1. The molecule has 0 saturated heterocycles. The number of halogens is 1. The number of benzene rings is 2. The molecule has 22 heavy (non-hydrogen) atoms. The van der Waals surface area contributed by atoms with Crippen molar-refractivity contribution in [1.82, 2.24) is 0 Å². The smallest absolute Gasteiger partial charge is 0.273 e. The van der Waals surface area contributed by atoms with Crippen molar-refractivity contribution in [3.63, 3.8) is 0 Å². The Hall–Kier alpha value is -1.56. The van der Waals surface area contributed by atoms with Crippen molar-refractivity contribution in [1.29, 1.82) is 0 Å². The van der Waals surface area contributed by atoms with E-state index in [-0.39, 0.29) is 5.91 Å². The molecule has 5 heteroatoms. The first-order valence-electron chi connectivity index (χ1n) is 6.70. The van der Waals surface area contributed by atoms with Crippen molar-refractivity contribution in [3.8, 4) is 0 Å². The van der Waals surface area contributed by atoms with E-state index >= 15 is 0 Å². The van der Waals surface area contributed by atoms with E-state index in [2.05, 4.69) is 28.1 Å². The van der Waals surface area contributed by atoms with E-state index in [0.717, 1.165) is 29.8 Å². The van der Waals surface area contributed by atoms with E-state index < -0.39 is 0 Å². The van der Waals surface area contributed by atoms with Crippen molar-refractivity contribution >= 4 is 56.3 Å². The number of nitrogens with zero attached hydrogens (tertiary/aromatic N) is 1. The average Bonchev–Trinajstić information content (AvgIpc) is 2.98. The van der Waals surface area contributed by atoms with Gasteiger partial charge < -0.3 is 0 Å². The van der Waals surface area contributed by atoms with Crippen molar-refractivity contribution < 1.29 is 4.79 Å². The van der Waals surface area contributed by atoms with Crippen LogP contribution in [0.15, 0.2) is 74.2 Å². The standard InChI is InChI=1S/C17H10BrNOS2/c18-16-10-9-15(22-16)17(20)19-11-5-1-3-7-13(11)21-14-8-4-2-6-12(14)19/h1-10H. The lowest BCUT2D eigenvalue weighted by Crippen LogP contribution is -2.27. The summed E-state index contributed by atoms with van der Waals surface area (Å²) >= 11 is 6.59. The van der Waals surface area contributed by atoms with E-state index in [1.807, 2.05) is 53.4 Å². The van der Waals surface area contributed by atoms with E-state index in [1.165, 1.54) is 11.3 Å². The van der Waals surface area contributed by atoms with Gasteiger partial charge in [-0.25, -0.2) is 0 Å². The van der Waals surface area contributed by atoms with Gasteiger partial charge in [0.1, 0.15) is 0 Å². The van der Waals surface area contributed by atoms with E-state index in [9.17, 15) is 4.79 Å². The molecule has 1 aromatic heterocycles. The van der Waals surface area contributed by atoms with E-state index in [0.29, 0.717) is 0 Å². The fourth-order valence-corrected chi connectivity index (χ4v) is 4.84. The Balaban J connectivity index is 1.89. The SMILES string of the molecule is O=C(c1ccc(Br)s1)N1c2ccccc2Sc2ccccc21. The molecular weight excluding hydrogens is 378 g/mol. The molecule has 2 nitrogen and oxygen atoms in total. The number of carbonyl (C=O) groups is 1. The van der Waals surface area contributed by atoms with Gasteiger partial charge in [0.2, 0.25) is 0 Å². The van der Waals surface area contributed by atoms with Crippen LogP contribution in [0, 0.1) is 0 Å². The summed E-state index contributed by atoms with van der Waals surface area (Å²) in [4.78, 5) is 17.8. The topological polar surface area (TPSA) is 20.3 Å². The highest BCUT2D eigenvalue weighted by molar-refractivity contribution is 9.11. The third kappa shape index (κ3) is 2.29. The Kier molecular flexibility index (Phi) is 3.56. The molecule has 3 aromatic rings. The predicted molar refractivity (Wildman–Crippen MR) is 95.5 cm³/mol. The van der Waals surface area contributed by atoms with Crippen molar-refractivity contribution in [2.24, 2.45) is 0 Å². The number of anilines is 2. The first-order chi connectivity index (χ1) is 10.7. The quantitative estimate of drug-likeness (QED) is 0.513. The molecule has 1 aliphatic heterocycles. The summed E-state index contributed by atoms with van der Waals surface area (Å²) < 4.78 is 0.962. The number of amides is 1. The Bertz CT molecular complexity index is 829. The predicted octanol–water partition coefficient (Wildman–Crippen LogP) is 5.95. The van der Waals surface area contributed by atoms with Crippen molar-refractivity contribution in [2.75, 3.05) is 4.90 Å². The van der Waals surface area contributed by atoms with Crippen LogP contribution in [-0.2, 0) is 0 Å². The largest absolute Gasteiger partial charge is 0.274 e. The van der Waals surface area contributed by atoms with E-state index in [4.69, 9.17) is 0 Å². The lowest BCUT2D eigenvalue weighted by molar-refractivity contribution is 0.100. The molecule has 108 valence electrons. The number of para-hydroxylation sites is 2. The molecule has 0 aliphatic carbocycles. The second kappa shape index (κ2) is 5.57. The van der Waals surface area contributed by atoms with Gasteiger partial charge in [-0.2, -0.15) is 0 Å². The average molecular weight is 388 g/mol. The Morgan fingerprint density at radius 1 is 0.864 bits per heavy atom. The first kappa shape index (κ1) is 14.1. The lowest BCUT2D eigenvalue weighted by Gasteiger charge is -2.30. The number of hydrogen-bond donors (Lipinski definition) is 0. The number of hydrogen-bond acceptors (Lipinski definition) is 3. The van der Waals surface area contributed by atoms with Gasteiger partial charge >= 0.3 is 0 Å². The second-order valence-corrected chi connectivity index (χ2v) is 8.33. The fraction of sp³-hybridized carbons (Fsp3) is 0. The molecule has 0 radical (unpaired) electrons. The van der Waals surface area contributed by atoms with Gasteiger partial charge in [-0.15, -0.1) is 11.3 Å². The van der Waals surface area contributed by atoms with Gasteiger partial charge in [0.25, 0.3) is 5.91 Å². The van der Waals surface area contributed by atoms with Crippen molar-refractivity contribution in [3.05, 3.63) is 69.3 Å². The van der Waals surface area contributed by atoms with Crippen LogP contribution in [-0.4, -0.2) is 5.91 Å². The fourth-order valence-electron chi connectivity index (χ4n) is 2.46. The molecule has 0 atom stereocenters. The van der Waals surface area contributed by atoms with Crippen LogP contribution in [0.2, 0.25) is 0 Å². The lowest BCUT2D eigenvalue weighted by atomic mass is 10.2. The van der Waals surface area contributed by atoms with Crippen LogP contribution in [0.3, 0.4) is 0 Å². The second-order valence-electron chi connectivity index (χ2n) is 4.78. The molecule has 4 rings (SSSR count).